The van der Waals surface area contributed by atoms with Gasteiger partial charge in [0.05, 0.1) is 5.69 Å². The zero-order valence-corrected chi connectivity index (χ0v) is 9.13. The number of nitrogens with zero attached hydrogens (tertiary/aromatic N) is 2. The summed E-state index contributed by atoms with van der Waals surface area (Å²) in [4.78, 5) is 19.8. The molecule has 5 nitrogen and oxygen atoms in total. The maximum Gasteiger partial charge on any atom is 0.256 e. The van der Waals surface area contributed by atoms with Gasteiger partial charge in [-0.2, -0.15) is 0 Å². The molecule has 3 N–H and O–H groups in total. The summed E-state index contributed by atoms with van der Waals surface area (Å²) in [6.45, 7) is 0.346. The van der Waals surface area contributed by atoms with E-state index in [1.165, 1.54) is 0 Å². The van der Waals surface area contributed by atoms with Gasteiger partial charge in [0.15, 0.2) is 0 Å². The lowest BCUT2D eigenvalue weighted by Crippen LogP contribution is -2.13. The molecule has 2 rings (SSSR count). The van der Waals surface area contributed by atoms with Crippen LogP contribution >= 0.6 is 0 Å². The number of anilines is 1. The van der Waals surface area contributed by atoms with Crippen LogP contribution in [-0.4, -0.2) is 15.9 Å². The number of nitrogens with one attached hydrogen (secondary N) is 1. The molecule has 0 aliphatic heterocycles. The summed E-state index contributed by atoms with van der Waals surface area (Å²) < 4.78 is 0. The quantitative estimate of drug-likeness (QED) is 0.826. The minimum Gasteiger partial charge on any atom is -0.325 e. The lowest BCUT2D eigenvalue weighted by Gasteiger charge is -2.05. The molecule has 0 aliphatic rings. The van der Waals surface area contributed by atoms with E-state index in [-0.39, 0.29) is 5.91 Å². The van der Waals surface area contributed by atoms with Crippen LogP contribution < -0.4 is 11.1 Å². The van der Waals surface area contributed by atoms with Crippen molar-refractivity contribution in [2.75, 3.05) is 5.32 Å². The van der Waals surface area contributed by atoms with Crippen molar-refractivity contribution < 1.29 is 4.79 Å². The predicted molar refractivity (Wildman–Crippen MR) is 64.3 cm³/mol. The van der Waals surface area contributed by atoms with E-state index in [9.17, 15) is 4.79 Å². The minimum atomic E-state index is -0.214. The van der Waals surface area contributed by atoms with Crippen molar-refractivity contribution in [2.24, 2.45) is 5.73 Å². The maximum absolute atomic E-state index is 11.8. The number of carbonyl (C=O) groups is 1. The van der Waals surface area contributed by atoms with Crippen LogP contribution in [0.3, 0.4) is 0 Å². The molecule has 17 heavy (non-hydrogen) atoms. The Morgan fingerprint density at radius 2 is 2.00 bits per heavy atom. The van der Waals surface area contributed by atoms with E-state index in [2.05, 4.69) is 15.3 Å². The van der Waals surface area contributed by atoms with Gasteiger partial charge >= 0.3 is 0 Å². The first kappa shape index (κ1) is 11.2. The second kappa shape index (κ2) is 5.18. The highest BCUT2D eigenvalue weighted by atomic mass is 16.1. The molecule has 0 saturated heterocycles. The molecule has 0 aromatic carbocycles. The van der Waals surface area contributed by atoms with Crippen LogP contribution in [0.5, 0.6) is 0 Å². The fourth-order valence-corrected chi connectivity index (χ4v) is 1.35. The van der Waals surface area contributed by atoms with Crippen LogP contribution in [0.15, 0.2) is 42.7 Å². The molecular formula is C12H12N4O. The van der Waals surface area contributed by atoms with E-state index in [4.69, 9.17) is 5.73 Å². The van der Waals surface area contributed by atoms with Crippen LogP contribution in [0, 0.1) is 0 Å². The van der Waals surface area contributed by atoms with Crippen molar-refractivity contribution in [1.29, 1.82) is 0 Å². The summed E-state index contributed by atoms with van der Waals surface area (Å²) in [5, 5.41) is 2.70. The summed E-state index contributed by atoms with van der Waals surface area (Å²) in [5.74, 6) is 0.281. The first-order valence-electron chi connectivity index (χ1n) is 5.17. The number of hydrogen-bond acceptors (Lipinski definition) is 4. The molecule has 0 unspecified atom stereocenters. The summed E-state index contributed by atoms with van der Waals surface area (Å²) >= 11 is 0. The zero-order valence-electron chi connectivity index (χ0n) is 9.13. The third kappa shape index (κ3) is 2.85. The van der Waals surface area contributed by atoms with Crippen LogP contribution in [0.1, 0.15) is 16.1 Å². The number of pyridine rings is 2. The third-order valence-corrected chi connectivity index (χ3v) is 2.20. The average Bonchev–Trinajstić information content (AvgIpc) is 2.40. The normalized spacial score (nSPS) is 9.94. The topological polar surface area (TPSA) is 80.9 Å². The third-order valence-electron chi connectivity index (χ3n) is 2.20. The molecule has 86 valence electrons. The van der Waals surface area contributed by atoms with E-state index in [1.807, 2.05) is 6.07 Å². The van der Waals surface area contributed by atoms with E-state index in [0.29, 0.717) is 17.9 Å². The first-order chi connectivity index (χ1) is 8.29. The second-order valence-electron chi connectivity index (χ2n) is 3.41. The number of rotatable bonds is 3. The predicted octanol–water partition coefficient (Wildman–Crippen LogP) is 1.19. The van der Waals surface area contributed by atoms with Crippen LogP contribution in [0.2, 0.25) is 0 Å². The highest BCUT2D eigenvalue weighted by Gasteiger charge is 2.05. The van der Waals surface area contributed by atoms with Gasteiger partial charge in [0.1, 0.15) is 5.82 Å². The summed E-state index contributed by atoms with van der Waals surface area (Å²) in [7, 11) is 0. The number of aromatic nitrogens is 2. The molecule has 0 spiro atoms. The van der Waals surface area contributed by atoms with Gasteiger partial charge in [-0.15, -0.1) is 0 Å². The van der Waals surface area contributed by atoms with Crippen molar-refractivity contribution in [3.8, 4) is 0 Å². The van der Waals surface area contributed by atoms with Gasteiger partial charge in [0.25, 0.3) is 5.91 Å². The molecule has 0 saturated carbocycles. The molecule has 2 aromatic rings. The highest BCUT2D eigenvalue weighted by molar-refractivity contribution is 6.03. The van der Waals surface area contributed by atoms with Crippen LogP contribution in [0.25, 0.3) is 0 Å². The monoisotopic (exact) mass is 228 g/mol. The number of hydrogen-bond donors (Lipinski definition) is 2. The standard InChI is InChI=1S/C12H12N4O/c13-8-10-2-1-3-11(15-10)16-12(17)9-4-6-14-7-5-9/h1-7H,8,13H2,(H,15,16,17). The highest BCUT2D eigenvalue weighted by Crippen LogP contribution is 2.07. The Labute approximate surface area is 98.7 Å². The van der Waals surface area contributed by atoms with Gasteiger partial charge in [-0.3, -0.25) is 9.78 Å². The Bertz CT molecular complexity index is 513. The number of carbonyl (C=O) groups excluding carboxylic acids is 1. The fraction of sp³-hybridized carbons (Fsp3) is 0.0833. The summed E-state index contributed by atoms with van der Waals surface area (Å²) in [5.41, 5.74) is 6.75. The molecule has 0 aliphatic carbocycles. The summed E-state index contributed by atoms with van der Waals surface area (Å²) in [6.07, 6.45) is 3.14. The lowest BCUT2D eigenvalue weighted by molar-refractivity contribution is 0.102. The molecule has 5 heteroatoms. The van der Waals surface area contributed by atoms with Crippen molar-refractivity contribution in [1.82, 2.24) is 9.97 Å². The number of amides is 1. The second-order valence-corrected chi connectivity index (χ2v) is 3.41. The van der Waals surface area contributed by atoms with Gasteiger partial charge in [-0.25, -0.2) is 4.98 Å². The molecule has 1 amide bonds. The van der Waals surface area contributed by atoms with Crippen molar-refractivity contribution >= 4 is 11.7 Å². The summed E-state index contributed by atoms with van der Waals surface area (Å²) in [6, 6.07) is 8.61. The molecular weight excluding hydrogens is 216 g/mol. The van der Waals surface area contributed by atoms with E-state index in [1.54, 1.807) is 36.7 Å². The average molecular weight is 228 g/mol. The first-order valence-corrected chi connectivity index (χ1v) is 5.17. The molecule has 0 bridgehead atoms. The Morgan fingerprint density at radius 1 is 1.24 bits per heavy atom. The minimum absolute atomic E-state index is 0.214. The van der Waals surface area contributed by atoms with Gasteiger partial charge < -0.3 is 11.1 Å². The molecule has 0 fully saturated rings. The lowest BCUT2D eigenvalue weighted by atomic mass is 10.2. The number of nitrogens with two attached hydrogens (primary N) is 1. The zero-order chi connectivity index (χ0) is 12.1. The van der Waals surface area contributed by atoms with Gasteiger partial charge in [0.2, 0.25) is 0 Å². The SMILES string of the molecule is NCc1cccc(NC(=O)c2ccncc2)n1. The van der Waals surface area contributed by atoms with Crippen molar-refractivity contribution in [3.63, 3.8) is 0 Å². The van der Waals surface area contributed by atoms with Crippen molar-refractivity contribution in [2.45, 2.75) is 6.54 Å². The maximum atomic E-state index is 11.8. The largest absolute Gasteiger partial charge is 0.325 e. The van der Waals surface area contributed by atoms with Gasteiger partial charge in [-0.05, 0) is 24.3 Å². The Kier molecular flexibility index (Phi) is 3.42. The van der Waals surface area contributed by atoms with E-state index >= 15 is 0 Å². The van der Waals surface area contributed by atoms with E-state index < -0.39 is 0 Å². The van der Waals surface area contributed by atoms with Gasteiger partial charge in [0, 0.05) is 24.5 Å². The Hall–Kier alpha value is -2.27. The van der Waals surface area contributed by atoms with E-state index in [0.717, 1.165) is 5.69 Å². The Balaban J connectivity index is 2.13. The Morgan fingerprint density at radius 3 is 2.71 bits per heavy atom. The molecule has 0 atom stereocenters. The smallest absolute Gasteiger partial charge is 0.256 e. The van der Waals surface area contributed by atoms with Crippen LogP contribution in [-0.2, 0) is 6.54 Å². The molecule has 2 aromatic heterocycles. The molecule has 2 heterocycles. The van der Waals surface area contributed by atoms with Gasteiger partial charge in [-0.1, -0.05) is 6.07 Å². The van der Waals surface area contributed by atoms with Crippen molar-refractivity contribution in [3.05, 3.63) is 54.0 Å². The fourth-order valence-electron chi connectivity index (χ4n) is 1.35. The molecule has 0 radical (unpaired) electrons. The van der Waals surface area contributed by atoms with Crippen LogP contribution in [0.4, 0.5) is 5.82 Å².